The molecule has 0 aliphatic rings. The summed E-state index contributed by atoms with van der Waals surface area (Å²) in [5.74, 6) is 1.49. The Morgan fingerprint density at radius 3 is 2.52 bits per heavy atom. The maximum atomic E-state index is 12.2. The largest absolute Gasteiger partial charge is 0.439 e. The third kappa shape index (κ3) is 4.30. The fraction of sp³-hybridized carbons (Fsp3) is 0.0909. The molecule has 1 aromatic carbocycles. The number of aromatic nitrogens is 3. The van der Waals surface area contributed by atoms with Gasteiger partial charge in [-0.05, 0) is 61.7 Å². The van der Waals surface area contributed by atoms with Crippen molar-refractivity contribution in [2.75, 3.05) is 5.32 Å². The van der Waals surface area contributed by atoms with Crippen molar-refractivity contribution in [3.05, 3.63) is 82.3 Å². The highest BCUT2D eigenvalue weighted by Crippen LogP contribution is 2.28. The lowest BCUT2D eigenvalue weighted by atomic mass is 10.2. The molecular formula is C22H18N4O2S. The van der Waals surface area contributed by atoms with Gasteiger partial charge >= 0.3 is 0 Å². The molecule has 144 valence electrons. The molecule has 0 saturated carbocycles. The van der Waals surface area contributed by atoms with Gasteiger partial charge in [0, 0.05) is 23.1 Å². The van der Waals surface area contributed by atoms with Gasteiger partial charge in [0.1, 0.15) is 11.4 Å². The second-order valence-corrected chi connectivity index (χ2v) is 7.28. The maximum absolute atomic E-state index is 12.2. The van der Waals surface area contributed by atoms with Gasteiger partial charge in [0.15, 0.2) is 5.82 Å². The molecular weight excluding hydrogens is 384 g/mol. The molecule has 0 spiro atoms. The van der Waals surface area contributed by atoms with Gasteiger partial charge in [0.05, 0.1) is 4.88 Å². The number of nitrogens with zero attached hydrogens (tertiary/aromatic N) is 3. The van der Waals surface area contributed by atoms with Crippen molar-refractivity contribution in [1.82, 2.24) is 15.0 Å². The van der Waals surface area contributed by atoms with Crippen LogP contribution in [0.15, 0.2) is 66.2 Å². The Labute approximate surface area is 172 Å². The fourth-order valence-electron chi connectivity index (χ4n) is 2.63. The molecule has 1 amide bonds. The van der Waals surface area contributed by atoms with Gasteiger partial charge in [0.2, 0.25) is 5.88 Å². The van der Waals surface area contributed by atoms with Gasteiger partial charge in [-0.3, -0.25) is 9.78 Å². The molecule has 0 fully saturated rings. The number of carbonyl (C=O) groups is 1. The lowest BCUT2D eigenvalue weighted by Crippen LogP contribution is -2.09. The number of hydrogen-bond donors (Lipinski definition) is 1. The Balaban J connectivity index is 1.53. The number of hydrogen-bond acceptors (Lipinski definition) is 6. The minimum atomic E-state index is -0.129. The number of anilines is 1. The van der Waals surface area contributed by atoms with Crippen LogP contribution >= 0.6 is 11.3 Å². The topological polar surface area (TPSA) is 77.0 Å². The number of aryl methyl sites for hydroxylation is 1. The Bertz CT molecular complexity index is 1130. The van der Waals surface area contributed by atoms with E-state index >= 15 is 0 Å². The Kier molecular flexibility index (Phi) is 5.31. The van der Waals surface area contributed by atoms with Gasteiger partial charge in [-0.1, -0.05) is 12.1 Å². The van der Waals surface area contributed by atoms with E-state index in [0.29, 0.717) is 33.7 Å². The Morgan fingerprint density at radius 1 is 1.00 bits per heavy atom. The van der Waals surface area contributed by atoms with Crippen LogP contribution in [0, 0.1) is 13.8 Å². The van der Waals surface area contributed by atoms with E-state index in [1.807, 2.05) is 43.5 Å². The van der Waals surface area contributed by atoms with E-state index in [0.717, 1.165) is 11.3 Å². The van der Waals surface area contributed by atoms with Gasteiger partial charge in [-0.25, -0.2) is 4.98 Å². The minimum Gasteiger partial charge on any atom is -0.439 e. The summed E-state index contributed by atoms with van der Waals surface area (Å²) >= 11 is 1.40. The molecule has 6 nitrogen and oxygen atoms in total. The van der Waals surface area contributed by atoms with E-state index < -0.39 is 0 Å². The van der Waals surface area contributed by atoms with Crippen molar-refractivity contribution in [1.29, 1.82) is 0 Å². The van der Waals surface area contributed by atoms with Crippen molar-refractivity contribution in [3.63, 3.8) is 0 Å². The predicted octanol–water partition coefficient (Wildman–Crippen LogP) is 5.26. The normalized spacial score (nSPS) is 10.6. The number of pyridine rings is 1. The van der Waals surface area contributed by atoms with Crippen LogP contribution in [0.4, 0.5) is 5.69 Å². The first-order chi connectivity index (χ1) is 14.1. The van der Waals surface area contributed by atoms with Crippen LogP contribution in [0.2, 0.25) is 0 Å². The number of thiophene rings is 1. The number of carbonyl (C=O) groups excluding carboxylic acids is 1. The monoisotopic (exact) mass is 402 g/mol. The standard InChI is InChI=1S/C22H18N4O2S/c1-14-15(2)24-20(18-6-3-4-12-23-18)26-22(14)28-17-10-8-16(9-11-17)25-21(27)19-7-5-13-29-19/h3-13H,1-2H3,(H,25,27). The summed E-state index contributed by atoms with van der Waals surface area (Å²) in [4.78, 5) is 26.2. The lowest BCUT2D eigenvalue weighted by molar-refractivity contribution is 0.103. The summed E-state index contributed by atoms with van der Waals surface area (Å²) in [6, 6.07) is 16.4. The van der Waals surface area contributed by atoms with Crippen molar-refractivity contribution in [2.45, 2.75) is 13.8 Å². The summed E-state index contributed by atoms with van der Waals surface area (Å²) in [6.45, 7) is 3.84. The molecule has 29 heavy (non-hydrogen) atoms. The smallest absolute Gasteiger partial charge is 0.265 e. The number of amides is 1. The molecule has 0 aliphatic carbocycles. The van der Waals surface area contributed by atoms with Crippen LogP contribution in [0.3, 0.4) is 0 Å². The number of rotatable bonds is 5. The molecule has 0 atom stereocenters. The lowest BCUT2D eigenvalue weighted by Gasteiger charge is -2.12. The maximum Gasteiger partial charge on any atom is 0.265 e. The molecule has 4 aromatic rings. The zero-order valence-electron chi connectivity index (χ0n) is 15.9. The van der Waals surface area contributed by atoms with E-state index in [2.05, 4.69) is 20.3 Å². The second-order valence-electron chi connectivity index (χ2n) is 6.34. The van der Waals surface area contributed by atoms with Crippen LogP contribution < -0.4 is 10.1 Å². The fourth-order valence-corrected chi connectivity index (χ4v) is 3.25. The van der Waals surface area contributed by atoms with Gasteiger partial charge in [0.25, 0.3) is 5.91 Å². The first kappa shape index (κ1) is 18.8. The molecule has 0 saturated heterocycles. The zero-order chi connectivity index (χ0) is 20.2. The molecule has 7 heteroatoms. The van der Waals surface area contributed by atoms with E-state index in [4.69, 9.17) is 4.74 Å². The molecule has 0 bridgehead atoms. The average Bonchev–Trinajstić information content (AvgIpc) is 3.28. The van der Waals surface area contributed by atoms with E-state index in [-0.39, 0.29) is 5.91 Å². The first-order valence-electron chi connectivity index (χ1n) is 8.99. The van der Waals surface area contributed by atoms with Crippen molar-refractivity contribution < 1.29 is 9.53 Å². The summed E-state index contributed by atoms with van der Waals surface area (Å²) in [7, 11) is 0. The van der Waals surface area contributed by atoms with E-state index in [1.165, 1.54) is 11.3 Å². The van der Waals surface area contributed by atoms with Crippen molar-refractivity contribution >= 4 is 22.9 Å². The number of ether oxygens (including phenoxy) is 1. The van der Waals surface area contributed by atoms with E-state index in [9.17, 15) is 4.79 Å². The van der Waals surface area contributed by atoms with Crippen LogP contribution in [0.1, 0.15) is 20.9 Å². The molecule has 0 radical (unpaired) electrons. The summed E-state index contributed by atoms with van der Waals surface area (Å²) < 4.78 is 5.99. The van der Waals surface area contributed by atoms with Crippen LogP contribution in [-0.2, 0) is 0 Å². The quantitative estimate of drug-likeness (QED) is 0.493. The molecule has 3 aromatic heterocycles. The highest BCUT2D eigenvalue weighted by atomic mass is 32.1. The highest BCUT2D eigenvalue weighted by molar-refractivity contribution is 7.12. The highest BCUT2D eigenvalue weighted by Gasteiger charge is 2.13. The van der Waals surface area contributed by atoms with Gasteiger partial charge in [-0.15, -0.1) is 11.3 Å². The molecule has 0 aliphatic heterocycles. The van der Waals surface area contributed by atoms with Crippen LogP contribution in [-0.4, -0.2) is 20.9 Å². The Hall–Kier alpha value is -3.58. The SMILES string of the molecule is Cc1nc(-c2ccccn2)nc(Oc2ccc(NC(=O)c3cccs3)cc2)c1C. The summed E-state index contributed by atoms with van der Waals surface area (Å²) in [5.41, 5.74) is 3.07. The average molecular weight is 402 g/mol. The number of benzene rings is 1. The van der Waals surface area contributed by atoms with Crippen LogP contribution in [0.5, 0.6) is 11.6 Å². The molecule has 1 N–H and O–H groups in total. The van der Waals surface area contributed by atoms with Crippen molar-refractivity contribution in [3.8, 4) is 23.1 Å². The Morgan fingerprint density at radius 2 is 1.83 bits per heavy atom. The van der Waals surface area contributed by atoms with Crippen LogP contribution in [0.25, 0.3) is 11.5 Å². The van der Waals surface area contributed by atoms with Gasteiger partial charge < -0.3 is 10.1 Å². The molecule has 4 rings (SSSR count). The van der Waals surface area contributed by atoms with Crippen molar-refractivity contribution in [2.24, 2.45) is 0 Å². The summed E-state index contributed by atoms with van der Waals surface area (Å²) in [6.07, 6.45) is 1.71. The number of nitrogens with one attached hydrogen (secondary N) is 1. The van der Waals surface area contributed by atoms with Gasteiger partial charge in [-0.2, -0.15) is 4.98 Å². The molecule has 3 heterocycles. The third-order valence-electron chi connectivity index (χ3n) is 4.31. The predicted molar refractivity (Wildman–Crippen MR) is 114 cm³/mol. The molecule has 0 unspecified atom stereocenters. The van der Waals surface area contributed by atoms with E-state index in [1.54, 1.807) is 36.5 Å². The summed E-state index contributed by atoms with van der Waals surface area (Å²) in [5, 5.41) is 4.74. The zero-order valence-corrected chi connectivity index (χ0v) is 16.7. The first-order valence-corrected chi connectivity index (χ1v) is 9.87. The minimum absolute atomic E-state index is 0.129. The second kappa shape index (κ2) is 8.20. The third-order valence-corrected chi connectivity index (χ3v) is 5.18.